The van der Waals surface area contributed by atoms with Gasteiger partial charge < -0.3 is 44.8 Å². The third-order valence-corrected chi connectivity index (χ3v) is 2.03. The number of hydrogen-bond donors (Lipinski definition) is 1. The van der Waals surface area contributed by atoms with E-state index >= 15 is 0 Å². The van der Waals surface area contributed by atoms with Crippen molar-refractivity contribution in [3.05, 3.63) is 12.1 Å². The van der Waals surface area contributed by atoms with E-state index in [-0.39, 0.29) is 35.5 Å². The van der Waals surface area contributed by atoms with Crippen LogP contribution in [0.5, 0.6) is 0 Å². The Morgan fingerprint density at radius 2 is 1.29 bits per heavy atom. The van der Waals surface area contributed by atoms with Crippen molar-refractivity contribution in [2.24, 2.45) is 0 Å². The molecule has 0 aliphatic heterocycles. The van der Waals surface area contributed by atoms with E-state index in [1.807, 2.05) is 0 Å². The van der Waals surface area contributed by atoms with Crippen molar-refractivity contribution < 1.29 is 62.3 Å². The number of aliphatic hydroxyl groups excluding tert-OH is 1. The fourth-order valence-electron chi connectivity index (χ4n) is 1.36. The molecule has 0 bridgehead atoms. The summed E-state index contributed by atoms with van der Waals surface area (Å²) in [6.07, 6.45) is 0.575. The van der Waals surface area contributed by atoms with Crippen molar-refractivity contribution in [2.45, 2.75) is 0 Å². The summed E-state index contributed by atoms with van der Waals surface area (Å²) in [5.74, 6) is -5.99. The van der Waals surface area contributed by atoms with Gasteiger partial charge >= 0.3 is 0 Å². The Hall–Kier alpha value is -1.75. The smallest absolute Gasteiger partial charge is 0.0646 e. The third-order valence-electron chi connectivity index (χ3n) is 2.03. The number of rotatable bonds is 10. The quantitative estimate of drug-likeness (QED) is 0.283. The molecule has 0 spiro atoms. The molecule has 0 saturated heterocycles. The Bertz CT molecular complexity index is 381. The Kier molecular flexibility index (Phi) is 11.3. The van der Waals surface area contributed by atoms with Crippen LogP contribution >= 0.6 is 0 Å². The van der Waals surface area contributed by atoms with Gasteiger partial charge in [0.1, 0.15) is 0 Å². The van der Waals surface area contributed by atoms with Crippen molar-refractivity contribution in [3.63, 3.8) is 0 Å². The van der Waals surface area contributed by atoms with Gasteiger partial charge in [-0.1, -0.05) is 0 Å². The first-order valence-corrected chi connectivity index (χ1v) is 5.34. The van der Waals surface area contributed by atoms with E-state index in [0.29, 0.717) is 6.20 Å². The second-order valence-corrected chi connectivity index (χ2v) is 3.76. The molecule has 21 heavy (non-hydrogen) atoms. The number of carboxylic acids is 3. The molecular formula is C10H12N2NbO8-4. The summed E-state index contributed by atoms with van der Waals surface area (Å²) in [5, 5.41) is 50.2. The molecule has 0 rings (SSSR count). The minimum Gasteiger partial charge on any atom is -0.628 e. The Morgan fingerprint density at radius 3 is 1.62 bits per heavy atom. The average molecular weight is 381 g/mol. The maximum absolute atomic E-state index is 10.5. The zero-order valence-corrected chi connectivity index (χ0v) is 13.0. The summed E-state index contributed by atoms with van der Waals surface area (Å²) in [6, 6.07) is 0. The summed E-state index contributed by atoms with van der Waals surface area (Å²) in [6.45, 7) is -2.57. The van der Waals surface area contributed by atoms with Crippen LogP contribution < -0.4 is 20.4 Å². The Morgan fingerprint density at radius 1 is 0.857 bits per heavy atom. The van der Waals surface area contributed by atoms with Crippen molar-refractivity contribution in [1.82, 2.24) is 9.80 Å². The second kappa shape index (κ2) is 11.0. The van der Waals surface area contributed by atoms with E-state index in [2.05, 4.69) is 0 Å². The van der Waals surface area contributed by atoms with Gasteiger partial charge in [-0.3, -0.25) is 4.90 Å². The topological polar surface area (TPSA) is 170 Å². The van der Waals surface area contributed by atoms with Gasteiger partial charge in [-0.25, -0.2) is 0 Å². The van der Waals surface area contributed by atoms with Crippen LogP contribution in [0, 0.1) is 0 Å². The van der Waals surface area contributed by atoms with E-state index in [4.69, 9.17) is 5.11 Å². The van der Waals surface area contributed by atoms with E-state index in [9.17, 15) is 34.8 Å². The third kappa shape index (κ3) is 13.0. The molecule has 0 aliphatic carbocycles. The van der Waals surface area contributed by atoms with Gasteiger partial charge in [-0.2, -0.15) is 0 Å². The molecule has 0 saturated carbocycles. The summed E-state index contributed by atoms with van der Waals surface area (Å²) < 4.78 is 0. The minimum atomic E-state index is -1.53. The number of carbonyl (C=O) groups excluding carboxylic acids is 3. The second-order valence-electron chi connectivity index (χ2n) is 3.76. The minimum absolute atomic E-state index is 0. The number of hydrogen-bond acceptors (Lipinski definition) is 10. The van der Waals surface area contributed by atoms with Crippen LogP contribution in [0.2, 0.25) is 0 Å². The van der Waals surface area contributed by atoms with E-state index in [0.717, 1.165) is 9.80 Å². The number of carbonyl (C=O) groups is 3. The van der Waals surface area contributed by atoms with Crippen LogP contribution in [0.25, 0.3) is 0 Å². The van der Waals surface area contributed by atoms with Crippen molar-refractivity contribution in [1.29, 1.82) is 0 Å². The predicted molar refractivity (Wildman–Crippen MR) is 53.7 cm³/mol. The molecule has 0 aromatic rings. The maximum atomic E-state index is 10.5. The van der Waals surface area contributed by atoms with Gasteiger partial charge in [-0.15, -0.1) is 0 Å². The van der Waals surface area contributed by atoms with Gasteiger partial charge in [0.25, 0.3) is 0 Å². The molecule has 1 N–H and O–H groups in total. The first kappa shape index (κ1) is 21.5. The molecule has 0 atom stereocenters. The van der Waals surface area contributed by atoms with Crippen LogP contribution in [0.3, 0.4) is 0 Å². The molecule has 0 aliphatic rings. The number of carboxylic acid groups (broad SMARTS) is 3. The standard InChI is InChI=1S/C10H16N2O8.Nb/c13-7(14)3-11(4-8(15)16)1-2-12(5-9(17)18)6-10(19)20;/h3,13-14H,1-2,4-6H2,(H,15,16)(H,17,18)(H,19,20);/p-4. The molecule has 0 unspecified atom stereocenters. The van der Waals surface area contributed by atoms with Crippen molar-refractivity contribution in [3.8, 4) is 0 Å². The summed E-state index contributed by atoms with van der Waals surface area (Å²) >= 11 is 0. The molecule has 0 amide bonds. The molecule has 1 radical (unpaired) electrons. The van der Waals surface area contributed by atoms with Crippen molar-refractivity contribution in [2.75, 3.05) is 32.7 Å². The van der Waals surface area contributed by atoms with Gasteiger partial charge in [0.15, 0.2) is 0 Å². The fourth-order valence-corrected chi connectivity index (χ4v) is 1.36. The SMILES string of the molecule is O=C([O-])CN(/C=C(/[O-])O)CCN(CC(=O)[O-])CC(=O)[O-].[Nb]. The summed E-state index contributed by atoms with van der Waals surface area (Å²) in [4.78, 5) is 33.0. The normalized spacial score (nSPS) is 10.8. The van der Waals surface area contributed by atoms with Crippen LogP contribution in [0.15, 0.2) is 12.1 Å². The first-order chi connectivity index (χ1) is 9.20. The van der Waals surface area contributed by atoms with Crippen LogP contribution in [-0.4, -0.2) is 65.5 Å². The van der Waals surface area contributed by atoms with Crippen molar-refractivity contribution >= 4 is 17.9 Å². The van der Waals surface area contributed by atoms with Gasteiger partial charge in [0, 0.05) is 54.8 Å². The average Bonchev–Trinajstić information content (AvgIpc) is 2.22. The van der Waals surface area contributed by atoms with E-state index in [1.54, 1.807) is 0 Å². The maximum Gasteiger partial charge on any atom is 0.0646 e. The van der Waals surface area contributed by atoms with E-state index < -0.39 is 43.5 Å². The van der Waals surface area contributed by atoms with Crippen LogP contribution in [-0.2, 0) is 36.8 Å². The largest absolute Gasteiger partial charge is 0.628 e. The van der Waals surface area contributed by atoms with E-state index in [1.165, 1.54) is 0 Å². The van der Waals surface area contributed by atoms with Gasteiger partial charge in [0.05, 0.1) is 30.4 Å². The van der Waals surface area contributed by atoms with Gasteiger partial charge in [0.2, 0.25) is 0 Å². The van der Waals surface area contributed by atoms with Crippen LogP contribution in [0.1, 0.15) is 0 Å². The summed E-state index contributed by atoms with van der Waals surface area (Å²) in [7, 11) is 0. The molecule has 11 heteroatoms. The Balaban J connectivity index is 0. The zero-order chi connectivity index (χ0) is 15.7. The summed E-state index contributed by atoms with van der Waals surface area (Å²) in [5.41, 5.74) is 0. The fraction of sp³-hybridized carbons (Fsp3) is 0.500. The molecule has 0 aromatic heterocycles. The molecule has 0 heterocycles. The number of aliphatic carboxylic acids is 3. The number of nitrogens with zero attached hydrogens (tertiary/aromatic N) is 2. The molecule has 0 fully saturated rings. The molecular weight excluding hydrogens is 369 g/mol. The molecule has 10 nitrogen and oxygen atoms in total. The van der Waals surface area contributed by atoms with Gasteiger partial charge in [-0.05, 0) is 0 Å². The molecule has 0 aromatic carbocycles. The number of aliphatic hydroxyl groups is 1. The molecule has 119 valence electrons. The van der Waals surface area contributed by atoms with Crippen LogP contribution in [0.4, 0.5) is 0 Å². The Labute approximate surface area is 135 Å². The monoisotopic (exact) mass is 381 g/mol. The predicted octanol–water partition coefficient (Wildman–Crippen LogP) is -6.45. The first-order valence-electron chi connectivity index (χ1n) is 5.34. The zero-order valence-electron chi connectivity index (χ0n) is 10.8.